The van der Waals surface area contributed by atoms with Gasteiger partial charge in [0.25, 0.3) is 0 Å². The Morgan fingerprint density at radius 3 is 2.87 bits per heavy atom. The van der Waals surface area contributed by atoms with Gasteiger partial charge < -0.3 is 20.5 Å². The first-order valence-electron chi connectivity index (χ1n) is 4.39. The zero-order valence-electron chi connectivity index (χ0n) is 8.87. The number of hydrogen-bond donors (Lipinski definition) is 1. The molecular weight excluding hydrogens is 223 g/mol. The number of carbonyl (C=O) groups excluding carboxylic acids is 1. The third kappa shape index (κ3) is 2.37. The molecule has 6 heteroatoms. The maximum atomic E-state index is 10.8. The number of thiophene rings is 1. The minimum absolute atomic E-state index is 0. The second-order valence-corrected chi connectivity index (χ2v) is 4.66. The molecule has 0 fully saturated rings. The molecule has 1 aliphatic heterocycles. The van der Waals surface area contributed by atoms with Crippen molar-refractivity contribution in [2.45, 2.75) is 13.0 Å². The molecule has 0 saturated heterocycles. The molecule has 0 amide bonds. The van der Waals surface area contributed by atoms with Crippen LogP contribution in [0.5, 0.6) is 0 Å². The minimum atomic E-state index is -1.15. The molecule has 15 heavy (non-hydrogen) atoms. The second kappa shape index (κ2) is 4.84. The second-order valence-electron chi connectivity index (χ2n) is 3.52. The van der Waals surface area contributed by atoms with Gasteiger partial charge in [-0.25, -0.2) is 0 Å². The molecule has 2 N–H and O–H groups in total. The van der Waals surface area contributed by atoms with E-state index in [4.69, 9.17) is 5.73 Å². The van der Waals surface area contributed by atoms with Gasteiger partial charge in [-0.2, -0.15) is 0 Å². The molecule has 4 nitrogen and oxygen atoms in total. The Labute approximate surface area is 114 Å². The van der Waals surface area contributed by atoms with Crippen molar-refractivity contribution in [3.63, 3.8) is 0 Å². The van der Waals surface area contributed by atoms with Gasteiger partial charge in [-0.3, -0.25) is 0 Å². The van der Waals surface area contributed by atoms with Gasteiger partial charge in [0, 0.05) is 23.5 Å². The fourth-order valence-corrected chi connectivity index (χ4v) is 2.96. The van der Waals surface area contributed by atoms with Crippen molar-refractivity contribution in [1.29, 1.82) is 0 Å². The number of rotatable bonds is 1. The Morgan fingerprint density at radius 1 is 1.60 bits per heavy atom. The van der Waals surface area contributed by atoms with Gasteiger partial charge in [-0.05, 0) is 19.0 Å². The molecule has 0 unspecified atom stereocenters. The molecule has 1 aliphatic rings. The molecule has 0 aromatic carbocycles. The van der Waals surface area contributed by atoms with Crippen LogP contribution in [0.1, 0.15) is 20.8 Å². The number of nitrogens with two attached hydrogens (primary N) is 1. The number of carbonyl (C=O) groups is 1. The Balaban J connectivity index is 0.00000112. The normalized spacial score (nSPS) is 15.5. The quantitative estimate of drug-likeness (QED) is 0.516. The summed E-state index contributed by atoms with van der Waals surface area (Å²) in [6.45, 7) is 1.67. The van der Waals surface area contributed by atoms with E-state index >= 15 is 0 Å². The molecule has 76 valence electrons. The summed E-state index contributed by atoms with van der Waals surface area (Å²) in [7, 11) is 2.01. The van der Waals surface area contributed by atoms with Crippen molar-refractivity contribution in [1.82, 2.24) is 4.90 Å². The number of fused-ring (bicyclic) bond motifs is 1. The van der Waals surface area contributed by atoms with Gasteiger partial charge in [0.05, 0.1) is 11.0 Å². The smallest absolute Gasteiger partial charge is 0.545 e. The van der Waals surface area contributed by atoms with Gasteiger partial charge >= 0.3 is 29.6 Å². The standard InChI is InChI=1S/C9H12N2O2S.Na/c1-11-3-2-5-6(4-11)14-8(10)7(5)9(12)13;/h2-4,10H2,1H3,(H,12,13);/q;+1/p-1. The zero-order chi connectivity index (χ0) is 10.3. The summed E-state index contributed by atoms with van der Waals surface area (Å²) in [4.78, 5) is 14.1. The summed E-state index contributed by atoms with van der Waals surface area (Å²) in [6.07, 6.45) is 0.753. The number of likely N-dealkylation sites (N-methyl/N-ethyl adjacent to an activating group) is 1. The number of anilines is 1. The molecule has 0 aliphatic carbocycles. The first-order valence-corrected chi connectivity index (χ1v) is 5.21. The summed E-state index contributed by atoms with van der Waals surface area (Å²) < 4.78 is 0. The number of nitrogen functional groups attached to an aromatic ring is 1. The number of nitrogens with zero attached hydrogens (tertiary/aromatic N) is 1. The van der Waals surface area contributed by atoms with Gasteiger partial charge in [-0.15, -0.1) is 11.3 Å². The van der Waals surface area contributed by atoms with Gasteiger partial charge in [-0.1, -0.05) is 0 Å². The van der Waals surface area contributed by atoms with Crippen LogP contribution < -0.4 is 40.4 Å². The monoisotopic (exact) mass is 234 g/mol. The van der Waals surface area contributed by atoms with E-state index in [1.807, 2.05) is 7.05 Å². The molecule has 1 aromatic rings. The van der Waals surface area contributed by atoms with Crippen molar-refractivity contribution < 1.29 is 39.5 Å². The van der Waals surface area contributed by atoms with Crippen LogP contribution in [0.3, 0.4) is 0 Å². The zero-order valence-corrected chi connectivity index (χ0v) is 11.7. The van der Waals surface area contributed by atoms with E-state index in [0.29, 0.717) is 5.00 Å². The van der Waals surface area contributed by atoms with Gasteiger partial charge in [0.15, 0.2) is 0 Å². The molecule has 0 saturated carbocycles. The minimum Gasteiger partial charge on any atom is -0.545 e. The largest absolute Gasteiger partial charge is 1.00 e. The molecule has 0 atom stereocenters. The molecular formula is C9H11N2NaO2S. The van der Waals surface area contributed by atoms with Crippen molar-refractivity contribution in [2.24, 2.45) is 0 Å². The Kier molecular flexibility index (Phi) is 4.20. The van der Waals surface area contributed by atoms with Gasteiger partial charge in [0.1, 0.15) is 0 Å². The number of aromatic carboxylic acids is 1. The SMILES string of the molecule is CN1CCc2c(sc(N)c2C(=O)[O-])C1.[Na+]. The predicted octanol–water partition coefficient (Wildman–Crippen LogP) is -3.31. The van der Waals surface area contributed by atoms with E-state index in [0.717, 1.165) is 30.0 Å². The van der Waals surface area contributed by atoms with E-state index < -0.39 is 5.97 Å². The van der Waals surface area contributed by atoms with E-state index in [-0.39, 0.29) is 35.1 Å². The molecule has 0 radical (unpaired) electrons. The van der Waals surface area contributed by atoms with E-state index in [1.165, 1.54) is 11.3 Å². The predicted molar refractivity (Wildman–Crippen MR) is 53.1 cm³/mol. The molecule has 0 spiro atoms. The average Bonchev–Trinajstić information content (AvgIpc) is 2.39. The van der Waals surface area contributed by atoms with Crippen LogP contribution in [0, 0.1) is 0 Å². The Hall–Kier alpha value is -0.0700. The van der Waals surface area contributed by atoms with Gasteiger partial charge in [0.2, 0.25) is 0 Å². The van der Waals surface area contributed by atoms with Crippen LogP contribution in [0.15, 0.2) is 0 Å². The van der Waals surface area contributed by atoms with Crippen LogP contribution in [0.4, 0.5) is 5.00 Å². The summed E-state index contributed by atoms with van der Waals surface area (Å²) in [6, 6.07) is 0. The van der Waals surface area contributed by atoms with Crippen molar-refractivity contribution in [2.75, 3.05) is 19.3 Å². The molecule has 0 bridgehead atoms. The van der Waals surface area contributed by atoms with Crippen molar-refractivity contribution in [3.05, 3.63) is 16.0 Å². The topological polar surface area (TPSA) is 69.4 Å². The number of carboxylic acid groups (broad SMARTS) is 1. The summed E-state index contributed by atoms with van der Waals surface area (Å²) in [5.41, 5.74) is 6.75. The van der Waals surface area contributed by atoms with Crippen LogP contribution in [-0.4, -0.2) is 24.5 Å². The molecule has 2 heterocycles. The van der Waals surface area contributed by atoms with Crippen LogP contribution in [-0.2, 0) is 13.0 Å². The van der Waals surface area contributed by atoms with Crippen LogP contribution in [0.25, 0.3) is 0 Å². The fourth-order valence-electron chi connectivity index (χ4n) is 1.78. The average molecular weight is 234 g/mol. The van der Waals surface area contributed by atoms with E-state index in [1.54, 1.807) is 0 Å². The maximum Gasteiger partial charge on any atom is 1.00 e. The summed E-state index contributed by atoms with van der Waals surface area (Å²) in [5.74, 6) is -1.15. The molecule has 2 rings (SSSR count). The maximum absolute atomic E-state index is 10.8. The summed E-state index contributed by atoms with van der Waals surface area (Å²) in [5, 5.41) is 11.2. The summed E-state index contributed by atoms with van der Waals surface area (Å²) >= 11 is 1.36. The van der Waals surface area contributed by atoms with Crippen molar-refractivity contribution in [3.8, 4) is 0 Å². The first-order chi connectivity index (χ1) is 6.59. The number of carboxylic acids is 1. The van der Waals surface area contributed by atoms with Crippen LogP contribution in [0.2, 0.25) is 0 Å². The third-order valence-electron chi connectivity index (χ3n) is 2.48. The number of hydrogen-bond acceptors (Lipinski definition) is 5. The fraction of sp³-hybridized carbons (Fsp3) is 0.444. The third-order valence-corrected chi connectivity index (χ3v) is 3.53. The van der Waals surface area contributed by atoms with E-state index in [2.05, 4.69) is 4.90 Å². The molecule has 1 aromatic heterocycles. The van der Waals surface area contributed by atoms with E-state index in [9.17, 15) is 9.90 Å². The first kappa shape index (κ1) is 13.0. The van der Waals surface area contributed by atoms with Crippen molar-refractivity contribution >= 4 is 22.3 Å². The van der Waals surface area contributed by atoms with Crippen LogP contribution >= 0.6 is 11.3 Å². The Bertz CT molecular complexity index is 392. The Morgan fingerprint density at radius 2 is 2.27 bits per heavy atom.